The van der Waals surface area contributed by atoms with E-state index in [0.717, 1.165) is 12.0 Å². The van der Waals surface area contributed by atoms with Gasteiger partial charge < -0.3 is 9.64 Å². The third-order valence-corrected chi connectivity index (χ3v) is 3.87. The van der Waals surface area contributed by atoms with Crippen molar-refractivity contribution < 1.29 is 14.5 Å². The maximum Gasteiger partial charge on any atom is 0.273 e. The smallest absolute Gasteiger partial charge is 0.273 e. The molecule has 2 aromatic rings. The van der Waals surface area contributed by atoms with Gasteiger partial charge in [0.25, 0.3) is 11.6 Å². The molecule has 2 aromatic carbocycles. The van der Waals surface area contributed by atoms with Crippen molar-refractivity contribution in [2.45, 2.75) is 13.0 Å². The molecule has 0 N–H and O–H groups in total. The van der Waals surface area contributed by atoms with Crippen molar-refractivity contribution in [3.63, 3.8) is 0 Å². The highest BCUT2D eigenvalue weighted by atomic mass is 16.6. The van der Waals surface area contributed by atoms with Crippen molar-refractivity contribution in [1.82, 2.24) is 4.90 Å². The zero-order chi connectivity index (χ0) is 16.2. The Hall–Kier alpha value is -2.89. The maximum atomic E-state index is 12.3. The Balaban J connectivity index is 1.60. The number of hydrogen-bond donors (Lipinski definition) is 0. The normalized spacial score (nSPS) is 13.3. The molecule has 0 saturated carbocycles. The first-order chi connectivity index (χ1) is 11.1. The average Bonchev–Trinajstić information content (AvgIpc) is 2.59. The molecule has 0 aromatic heterocycles. The second-order valence-electron chi connectivity index (χ2n) is 5.38. The summed E-state index contributed by atoms with van der Waals surface area (Å²) in [6.07, 6.45) is 0.832. The number of hydrogen-bond acceptors (Lipinski definition) is 4. The van der Waals surface area contributed by atoms with E-state index in [-0.39, 0.29) is 18.2 Å². The van der Waals surface area contributed by atoms with Crippen LogP contribution in [0.15, 0.2) is 48.5 Å². The zero-order valence-electron chi connectivity index (χ0n) is 12.5. The van der Waals surface area contributed by atoms with Crippen LogP contribution in [0.4, 0.5) is 5.69 Å². The largest absolute Gasteiger partial charge is 0.484 e. The lowest BCUT2D eigenvalue weighted by Crippen LogP contribution is -2.38. The van der Waals surface area contributed by atoms with Gasteiger partial charge >= 0.3 is 0 Å². The number of nitro groups is 1. The second kappa shape index (κ2) is 6.48. The van der Waals surface area contributed by atoms with Gasteiger partial charge in [0.2, 0.25) is 0 Å². The second-order valence-corrected chi connectivity index (χ2v) is 5.38. The molecule has 23 heavy (non-hydrogen) atoms. The molecule has 0 saturated heterocycles. The summed E-state index contributed by atoms with van der Waals surface area (Å²) in [5, 5.41) is 10.7. The summed E-state index contributed by atoms with van der Waals surface area (Å²) in [5.41, 5.74) is 2.38. The average molecular weight is 312 g/mol. The van der Waals surface area contributed by atoms with Crippen molar-refractivity contribution in [3.05, 3.63) is 69.8 Å². The Bertz CT molecular complexity index is 745. The molecule has 0 aliphatic carbocycles. The number of benzene rings is 2. The van der Waals surface area contributed by atoms with Crippen molar-refractivity contribution in [2.24, 2.45) is 0 Å². The molecule has 3 rings (SSSR count). The van der Waals surface area contributed by atoms with Gasteiger partial charge in [-0.1, -0.05) is 30.3 Å². The van der Waals surface area contributed by atoms with Crippen LogP contribution < -0.4 is 4.74 Å². The standard InChI is InChI=1S/C17H16N2O4/c20-17(12-23-16-7-3-6-15(10-16)19(21)22)18-9-8-13-4-1-2-5-14(13)11-18/h1-7,10H,8-9,11-12H2. The molecule has 1 amide bonds. The quantitative estimate of drug-likeness (QED) is 0.642. The SMILES string of the molecule is O=C(COc1cccc([N+](=O)[O-])c1)N1CCc2ccccc2C1. The fourth-order valence-electron chi connectivity index (χ4n) is 2.63. The molecule has 0 bridgehead atoms. The van der Waals surface area contributed by atoms with E-state index in [1.165, 1.54) is 23.8 Å². The third-order valence-electron chi connectivity index (χ3n) is 3.87. The van der Waals surface area contributed by atoms with Crippen molar-refractivity contribution in [2.75, 3.05) is 13.2 Å². The van der Waals surface area contributed by atoms with Gasteiger partial charge in [-0.2, -0.15) is 0 Å². The van der Waals surface area contributed by atoms with Crippen LogP contribution in [-0.4, -0.2) is 28.9 Å². The molecule has 0 atom stereocenters. The van der Waals surface area contributed by atoms with Crippen LogP contribution in [0.1, 0.15) is 11.1 Å². The van der Waals surface area contributed by atoms with Gasteiger partial charge in [0.1, 0.15) is 5.75 Å². The summed E-state index contributed by atoms with van der Waals surface area (Å²) >= 11 is 0. The zero-order valence-corrected chi connectivity index (χ0v) is 12.5. The van der Waals surface area contributed by atoms with Crippen LogP contribution >= 0.6 is 0 Å². The molecule has 0 unspecified atom stereocenters. The Morgan fingerprint density at radius 3 is 2.74 bits per heavy atom. The van der Waals surface area contributed by atoms with E-state index in [4.69, 9.17) is 4.74 Å². The molecule has 1 heterocycles. The number of nitrogens with zero attached hydrogens (tertiary/aromatic N) is 2. The first-order valence-corrected chi connectivity index (χ1v) is 7.35. The summed E-state index contributed by atoms with van der Waals surface area (Å²) in [6.45, 7) is 1.12. The number of carbonyl (C=O) groups is 1. The highest BCUT2D eigenvalue weighted by Crippen LogP contribution is 2.21. The van der Waals surface area contributed by atoms with Crippen LogP contribution in [0.5, 0.6) is 5.75 Å². The van der Waals surface area contributed by atoms with Crippen molar-refractivity contribution in [1.29, 1.82) is 0 Å². The molecule has 1 aliphatic rings. The number of non-ortho nitro benzene ring substituents is 1. The van der Waals surface area contributed by atoms with Crippen LogP contribution in [0.2, 0.25) is 0 Å². The molecule has 0 radical (unpaired) electrons. The van der Waals surface area contributed by atoms with Gasteiger partial charge in [-0.3, -0.25) is 14.9 Å². The summed E-state index contributed by atoms with van der Waals surface area (Å²) in [7, 11) is 0. The van der Waals surface area contributed by atoms with E-state index in [0.29, 0.717) is 18.8 Å². The number of rotatable bonds is 4. The molecule has 6 heteroatoms. The summed E-state index contributed by atoms with van der Waals surface area (Å²) in [5.74, 6) is 0.205. The predicted molar refractivity (Wildman–Crippen MR) is 84.2 cm³/mol. The van der Waals surface area contributed by atoms with Crippen molar-refractivity contribution in [3.8, 4) is 5.75 Å². The van der Waals surface area contributed by atoms with E-state index in [9.17, 15) is 14.9 Å². The van der Waals surface area contributed by atoms with E-state index in [2.05, 4.69) is 6.07 Å². The molecule has 0 spiro atoms. The van der Waals surface area contributed by atoms with E-state index < -0.39 is 4.92 Å². The topological polar surface area (TPSA) is 72.7 Å². The monoisotopic (exact) mass is 312 g/mol. The molecular weight excluding hydrogens is 296 g/mol. The van der Waals surface area contributed by atoms with Crippen LogP contribution in [0.25, 0.3) is 0 Å². The van der Waals surface area contributed by atoms with Crippen LogP contribution in [0, 0.1) is 10.1 Å². The number of ether oxygens (including phenoxy) is 1. The predicted octanol–water partition coefficient (Wildman–Crippen LogP) is 2.56. The van der Waals surface area contributed by atoms with Crippen LogP contribution in [0.3, 0.4) is 0 Å². The number of fused-ring (bicyclic) bond motifs is 1. The fourth-order valence-corrected chi connectivity index (χ4v) is 2.63. The lowest BCUT2D eigenvalue weighted by Gasteiger charge is -2.28. The Kier molecular flexibility index (Phi) is 4.23. The molecule has 6 nitrogen and oxygen atoms in total. The number of amides is 1. The highest BCUT2D eigenvalue weighted by molar-refractivity contribution is 5.78. The van der Waals surface area contributed by atoms with E-state index in [1.807, 2.05) is 18.2 Å². The maximum absolute atomic E-state index is 12.3. The highest BCUT2D eigenvalue weighted by Gasteiger charge is 2.20. The van der Waals surface area contributed by atoms with Gasteiger partial charge in [0.15, 0.2) is 6.61 Å². The fraction of sp³-hybridized carbons (Fsp3) is 0.235. The lowest BCUT2D eigenvalue weighted by atomic mass is 10.00. The molecule has 0 fully saturated rings. The van der Waals surface area contributed by atoms with Gasteiger partial charge in [0, 0.05) is 19.2 Å². The number of nitro benzene ring substituents is 1. The first kappa shape index (κ1) is 15.0. The van der Waals surface area contributed by atoms with Gasteiger partial charge in [0.05, 0.1) is 11.0 Å². The Morgan fingerprint density at radius 2 is 1.96 bits per heavy atom. The van der Waals surface area contributed by atoms with Crippen molar-refractivity contribution >= 4 is 11.6 Å². The number of carbonyl (C=O) groups excluding carboxylic acids is 1. The molecule has 118 valence electrons. The summed E-state index contributed by atoms with van der Waals surface area (Å²) < 4.78 is 5.40. The van der Waals surface area contributed by atoms with Gasteiger partial charge in [-0.25, -0.2) is 0 Å². The first-order valence-electron chi connectivity index (χ1n) is 7.35. The molecule has 1 aliphatic heterocycles. The minimum absolute atomic E-state index is 0.0538. The molecular formula is C17H16N2O4. The summed E-state index contributed by atoms with van der Waals surface area (Å²) in [6, 6.07) is 13.9. The van der Waals surface area contributed by atoms with E-state index in [1.54, 1.807) is 11.0 Å². The van der Waals surface area contributed by atoms with Crippen LogP contribution in [-0.2, 0) is 17.8 Å². The Labute approximate surface area is 133 Å². The van der Waals surface area contributed by atoms with Gasteiger partial charge in [-0.05, 0) is 23.6 Å². The van der Waals surface area contributed by atoms with Gasteiger partial charge in [-0.15, -0.1) is 0 Å². The minimum atomic E-state index is -0.490. The van der Waals surface area contributed by atoms with E-state index >= 15 is 0 Å². The third kappa shape index (κ3) is 3.48. The Morgan fingerprint density at radius 1 is 1.17 bits per heavy atom. The lowest BCUT2D eigenvalue weighted by molar-refractivity contribution is -0.384. The minimum Gasteiger partial charge on any atom is -0.484 e. The summed E-state index contributed by atoms with van der Waals surface area (Å²) in [4.78, 5) is 24.3.